The minimum absolute atomic E-state index is 0.409. The largest absolute Gasteiger partial charge is 0.352 e. The molecule has 1 heterocycles. The van der Waals surface area contributed by atoms with Crippen LogP contribution >= 0.6 is 51.2 Å². The quantitative estimate of drug-likeness (QED) is 0.312. The molecular weight excluding hydrogens is 418 g/mol. The summed E-state index contributed by atoms with van der Waals surface area (Å²) in [6.45, 7) is 8.78. The number of fused-ring (bicyclic) bond motifs is 3. The van der Waals surface area contributed by atoms with Gasteiger partial charge in [-0.2, -0.15) is 0 Å². The van der Waals surface area contributed by atoms with Gasteiger partial charge in [-0.25, -0.2) is 0 Å². The monoisotopic (exact) mass is 437 g/mol. The Balaban J connectivity index is 1.97. The molecule has 0 spiro atoms. The normalized spacial score (nSPS) is 11.8. The van der Waals surface area contributed by atoms with Gasteiger partial charge in [-0.1, -0.05) is 39.9 Å². The molecule has 0 unspecified atom stereocenters. The molecule has 1 aromatic heterocycles. The molecule has 3 rings (SSSR count). The van der Waals surface area contributed by atoms with E-state index in [1.54, 1.807) is 11.8 Å². The van der Waals surface area contributed by atoms with Crippen molar-refractivity contribution in [3.63, 3.8) is 0 Å². The van der Waals surface area contributed by atoms with Crippen molar-refractivity contribution in [1.29, 1.82) is 0 Å². The Morgan fingerprint density at radius 1 is 1.00 bits per heavy atom. The third-order valence-electron chi connectivity index (χ3n) is 3.93. The smallest absolute Gasteiger partial charge is 0.141 e. The molecular formula is C19H20BrNS3. The van der Waals surface area contributed by atoms with Gasteiger partial charge < -0.3 is 4.90 Å². The maximum Gasteiger partial charge on any atom is 0.141 e. The summed E-state index contributed by atoms with van der Waals surface area (Å²) < 4.78 is 4.71. The molecule has 0 N–H and O–H groups in total. The van der Waals surface area contributed by atoms with E-state index in [1.807, 2.05) is 11.3 Å². The van der Waals surface area contributed by atoms with Crippen molar-refractivity contribution < 1.29 is 0 Å². The SMILES string of the molecule is CC(C)N(C(=S)Sc1ccc2sc3ccc(Br)cc3c2c1)C(C)C. The van der Waals surface area contributed by atoms with Crippen LogP contribution in [0.15, 0.2) is 45.8 Å². The lowest BCUT2D eigenvalue weighted by Gasteiger charge is -2.32. The zero-order valence-electron chi connectivity index (χ0n) is 14.2. The number of thiocarbonyl (C=S) groups is 1. The number of hydrogen-bond donors (Lipinski definition) is 0. The lowest BCUT2D eigenvalue weighted by atomic mass is 10.1. The highest BCUT2D eigenvalue weighted by molar-refractivity contribution is 9.10. The summed E-state index contributed by atoms with van der Waals surface area (Å²) in [5.74, 6) is 0. The van der Waals surface area contributed by atoms with E-state index in [9.17, 15) is 0 Å². The summed E-state index contributed by atoms with van der Waals surface area (Å²) in [5, 5.41) is 2.62. The average Bonchev–Trinajstić information content (AvgIpc) is 2.84. The first-order valence-electron chi connectivity index (χ1n) is 7.99. The van der Waals surface area contributed by atoms with Crippen molar-refractivity contribution in [2.45, 2.75) is 44.7 Å². The van der Waals surface area contributed by atoms with E-state index in [4.69, 9.17) is 12.2 Å². The number of rotatable bonds is 3. The van der Waals surface area contributed by atoms with Gasteiger partial charge in [0.2, 0.25) is 0 Å². The molecule has 24 heavy (non-hydrogen) atoms. The number of thioether (sulfide) groups is 1. The van der Waals surface area contributed by atoms with Crippen LogP contribution in [0.4, 0.5) is 0 Å². The van der Waals surface area contributed by atoms with Crippen LogP contribution in [0.3, 0.4) is 0 Å². The number of benzene rings is 2. The van der Waals surface area contributed by atoms with Crippen LogP contribution in [0.1, 0.15) is 27.7 Å². The zero-order chi connectivity index (χ0) is 17.4. The predicted octanol–water partition coefficient (Wildman–Crippen LogP) is 7.31. The molecule has 126 valence electrons. The molecule has 3 aromatic rings. The van der Waals surface area contributed by atoms with Crippen LogP contribution in [0.2, 0.25) is 0 Å². The molecule has 1 nitrogen and oxygen atoms in total. The second kappa shape index (κ2) is 7.32. The third kappa shape index (κ3) is 3.64. The topological polar surface area (TPSA) is 3.24 Å². The molecule has 5 heteroatoms. The first-order valence-corrected chi connectivity index (χ1v) is 10.8. The molecule has 0 aliphatic carbocycles. The van der Waals surface area contributed by atoms with Gasteiger partial charge in [0.1, 0.15) is 4.32 Å². The van der Waals surface area contributed by atoms with E-state index in [1.165, 1.54) is 25.1 Å². The zero-order valence-corrected chi connectivity index (χ0v) is 18.2. The van der Waals surface area contributed by atoms with Crippen LogP contribution in [0, 0.1) is 0 Å². The highest BCUT2D eigenvalue weighted by Crippen LogP contribution is 2.38. The highest BCUT2D eigenvalue weighted by atomic mass is 79.9. The van der Waals surface area contributed by atoms with Crippen molar-refractivity contribution >= 4 is 75.7 Å². The first-order chi connectivity index (χ1) is 11.4. The first kappa shape index (κ1) is 18.2. The van der Waals surface area contributed by atoms with Crippen molar-refractivity contribution in [3.8, 4) is 0 Å². The van der Waals surface area contributed by atoms with Gasteiger partial charge in [-0.3, -0.25) is 0 Å². The Bertz CT molecular complexity index is 890. The summed E-state index contributed by atoms with van der Waals surface area (Å²) >= 11 is 12.8. The molecule has 0 bridgehead atoms. The second-order valence-electron chi connectivity index (χ2n) is 6.36. The summed E-state index contributed by atoms with van der Waals surface area (Å²) in [4.78, 5) is 3.51. The fourth-order valence-electron chi connectivity index (χ4n) is 2.96. The van der Waals surface area contributed by atoms with E-state index < -0.39 is 0 Å². The minimum Gasteiger partial charge on any atom is -0.352 e. The van der Waals surface area contributed by atoms with Gasteiger partial charge in [0.25, 0.3) is 0 Å². The maximum atomic E-state index is 5.71. The van der Waals surface area contributed by atoms with E-state index >= 15 is 0 Å². The molecule has 0 amide bonds. The molecule has 0 aliphatic rings. The number of nitrogens with zero attached hydrogens (tertiary/aromatic N) is 1. The Hall–Kier alpha value is -0.620. The summed E-state index contributed by atoms with van der Waals surface area (Å²) in [6, 6.07) is 14.0. The van der Waals surface area contributed by atoms with Gasteiger partial charge in [-0.15, -0.1) is 11.3 Å². The van der Waals surface area contributed by atoms with Gasteiger partial charge >= 0.3 is 0 Å². The minimum atomic E-state index is 0.409. The average molecular weight is 438 g/mol. The standard InChI is InChI=1S/C19H20BrNS3/c1-11(2)21(12(3)4)19(22)23-14-6-8-18-16(10-14)15-9-13(20)5-7-17(15)24-18/h5-12H,1-4H3. The Morgan fingerprint density at radius 2 is 1.58 bits per heavy atom. The van der Waals surface area contributed by atoms with Crippen molar-refractivity contribution in [2.24, 2.45) is 0 Å². The second-order valence-corrected chi connectivity index (χ2v) is 10.1. The fourth-order valence-corrected chi connectivity index (χ4v) is 6.14. The fraction of sp³-hybridized carbons (Fsp3) is 0.316. The van der Waals surface area contributed by atoms with Crippen LogP contribution in [0.5, 0.6) is 0 Å². The Labute approximate surface area is 165 Å². The van der Waals surface area contributed by atoms with Crippen LogP contribution in [-0.2, 0) is 0 Å². The number of hydrogen-bond acceptors (Lipinski definition) is 3. The van der Waals surface area contributed by atoms with E-state index in [2.05, 4.69) is 84.9 Å². The third-order valence-corrected chi connectivity index (χ3v) is 6.91. The summed E-state index contributed by atoms with van der Waals surface area (Å²) in [6.07, 6.45) is 0. The lowest BCUT2D eigenvalue weighted by Crippen LogP contribution is -2.39. The molecule has 2 aromatic carbocycles. The molecule has 0 atom stereocenters. The van der Waals surface area contributed by atoms with Gasteiger partial charge in [0.05, 0.1) is 0 Å². The lowest BCUT2D eigenvalue weighted by molar-refractivity contribution is 0.303. The van der Waals surface area contributed by atoms with E-state index in [0.29, 0.717) is 12.1 Å². The Morgan fingerprint density at radius 3 is 2.21 bits per heavy atom. The van der Waals surface area contributed by atoms with Gasteiger partial charge in [0, 0.05) is 41.6 Å². The number of halogens is 1. The molecule has 0 saturated heterocycles. The van der Waals surface area contributed by atoms with Crippen molar-refractivity contribution in [2.75, 3.05) is 0 Å². The summed E-state index contributed by atoms with van der Waals surface area (Å²) in [5.41, 5.74) is 0. The highest BCUT2D eigenvalue weighted by Gasteiger charge is 2.18. The van der Waals surface area contributed by atoms with Crippen LogP contribution in [0.25, 0.3) is 20.2 Å². The van der Waals surface area contributed by atoms with Crippen molar-refractivity contribution in [1.82, 2.24) is 4.90 Å². The van der Waals surface area contributed by atoms with Crippen LogP contribution < -0.4 is 0 Å². The van der Waals surface area contributed by atoms with Crippen molar-refractivity contribution in [3.05, 3.63) is 40.9 Å². The van der Waals surface area contributed by atoms with E-state index in [0.717, 1.165) is 8.79 Å². The number of thiophene rings is 1. The van der Waals surface area contributed by atoms with E-state index in [-0.39, 0.29) is 0 Å². The molecule has 0 fully saturated rings. The molecule has 0 saturated carbocycles. The van der Waals surface area contributed by atoms with Crippen LogP contribution in [-0.4, -0.2) is 21.3 Å². The maximum absolute atomic E-state index is 5.71. The predicted molar refractivity (Wildman–Crippen MR) is 118 cm³/mol. The van der Waals surface area contributed by atoms with Gasteiger partial charge in [0.15, 0.2) is 0 Å². The molecule has 0 aliphatic heterocycles. The molecule has 0 radical (unpaired) electrons. The Kier molecular flexibility index (Phi) is 5.55. The van der Waals surface area contributed by atoms with Gasteiger partial charge in [-0.05, 0) is 64.1 Å². The summed E-state index contributed by atoms with van der Waals surface area (Å²) in [7, 11) is 0.